The van der Waals surface area contributed by atoms with E-state index in [1.54, 1.807) is 17.4 Å². The monoisotopic (exact) mass is 307 g/mol. The molecule has 17 heavy (non-hydrogen) atoms. The number of aromatic nitrogens is 1. The summed E-state index contributed by atoms with van der Waals surface area (Å²) >= 11 is 5.01. The van der Waals surface area contributed by atoms with Gasteiger partial charge < -0.3 is 5.32 Å². The van der Waals surface area contributed by atoms with Crippen molar-refractivity contribution in [2.24, 2.45) is 0 Å². The summed E-state index contributed by atoms with van der Waals surface area (Å²) in [6, 6.07) is 7.80. The first-order chi connectivity index (χ1) is 8.19. The predicted octanol–water partition coefficient (Wildman–Crippen LogP) is 3.70. The fraction of sp³-hybridized carbons (Fsp3) is 0.167. The van der Waals surface area contributed by atoms with Crippen LogP contribution < -0.4 is 5.32 Å². The number of thiazole rings is 1. The van der Waals surface area contributed by atoms with E-state index < -0.39 is 0 Å². The van der Waals surface area contributed by atoms with E-state index in [4.69, 9.17) is 5.26 Å². The van der Waals surface area contributed by atoms with Gasteiger partial charge in [-0.15, -0.1) is 11.3 Å². The van der Waals surface area contributed by atoms with E-state index in [1.165, 1.54) is 0 Å². The van der Waals surface area contributed by atoms with Crippen molar-refractivity contribution in [3.63, 3.8) is 0 Å². The first-order valence-electron chi connectivity index (χ1n) is 5.04. The van der Waals surface area contributed by atoms with Crippen molar-refractivity contribution in [2.45, 2.75) is 13.5 Å². The van der Waals surface area contributed by atoms with Crippen molar-refractivity contribution < 1.29 is 0 Å². The van der Waals surface area contributed by atoms with E-state index in [1.807, 2.05) is 25.3 Å². The summed E-state index contributed by atoms with van der Waals surface area (Å²) in [6.45, 7) is 2.68. The van der Waals surface area contributed by atoms with Crippen LogP contribution in [0, 0.1) is 18.3 Å². The lowest BCUT2D eigenvalue weighted by Gasteiger charge is -2.06. The summed E-state index contributed by atoms with van der Waals surface area (Å²) in [5.74, 6) is 0. The normalized spacial score (nSPS) is 9.94. The molecule has 2 aromatic rings. The maximum Gasteiger partial charge on any atom is 0.101 e. The molecule has 0 radical (unpaired) electrons. The van der Waals surface area contributed by atoms with E-state index in [2.05, 4.69) is 32.3 Å². The summed E-state index contributed by atoms with van der Waals surface area (Å²) in [6.07, 6.45) is 1.86. The van der Waals surface area contributed by atoms with Gasteiger partial charge >= 0.3 is 0 Å². The first-order valence-corrected chi connectivity index (χ1v) is 6.65. The highest BCUT2D eigenvalue weighted by Crippen LogP contribution is 2.21. The number of anilines is 1. The third-order valence-corrected chi connectivity index (χ3v) is 3.63. The van der Waals surface area contributed by atoms with Gasteiger partial charge in [-0.05, 0) is 25.1 Å². The van der Waals surface area contributed by atoms with E-state index >= 15 is 0 Å². The van der Waals surface area contributed by atoms with Gasteiger partial charge in [-0.25, -0.2) is 4.98 Å². The van der Waals surface area contributed by atoms with Gasteiger partial charge in [0.1, 0.15) is 6.07 Å². The molecule has 0 fully saturated rings. The minimum atomic E-state index is 0.639. The Hall–Kier alpha value is -1.38. The largest absolute Gasteiger partial charge is 0.379 e. The molecule has 0 bridgehead atoms. The van der Waals surface area contributed by atoms with Gasteiger partial charge in [0.15, 0.2) is 0 Å². The van der Waals surface area contributed by atoms with Gasteiger partial charge in [0.25, 0.3) is 0 Å². The molecule has 5 heteroatoms. The second kappa shape index (κ2) is 5.30. The molecule has 0 atom stereocenters. The summed E-state index contributed by atoms with van der Waals surface area (Å²) in [7, 11) is 0. The smallest absolute Gasteiger partial charge is 0.101 e. The molecule has 0 aliphatic rings. The summed E-state index contributed by atoms with van der Waals surface area (Å²) < 4.78 is 0.910. The number of rotatable bonds is 3. The lowest BCUT2D eigenvalue weighted by Crippen LogP contribution is -1.99. The summed E-state index contributed by atoms with van der Waals surface area (Å²) in [5, 5.41) is 13.3. The van der Waals surface area contributed by atoms with E-state index in [0.717, 1.165) is 20.0 Å². The van der Waals surface area contributed by atoms with Crippen molar-refractivity contribution >= 4 is 33.0 Å². The molecule has 0 aliphatic carbocycles. The van der Waals surface area contributed by atoms with Crippen LogP contribution in [0.2, 0.25) is 0 Å². The van der Waals surface area contributed by atoms with E-state index in [-0.39, 0.29) is 0 Å². The van der Waals surface area contributed by atoms with Crippen LogP contribution in [-0.2, 0) is 6.54 Å². The number of nitriles is 1. The fourth-order valence-corrected chi connectivity index (χ4v) is 2.53. The molecule has 1 aromatic carbocycles. The van der Waals surface area contributed by atoms with Crippen molar-refractivity contribution in [1.82, 2.24) is 4.98 Å². The minimum absolute atomic E-state index is 0.639. The van der Waals surface area contributed by atoms with E-state index in [9.17, 15) is 0 Å². The molecule has 1 aromatic heterocycles. The fourth-order valence-electron chi connectivity index (χ4n) is 1.43. The van der Waals surface area contributed by atoms with Gasteiger partial charge in [0.2, 0.25) is 0 Å². The number of nitrogens with zero attached hydrogens (tertiary/aromatic N) is 2. The Balaban J connectivity index is 2.12. The first kappa shape index (κ1) is 12.1. The minimum Gasteiger partial charge on any atom is -0.379 e. The number of nitrogens with one attached hydrogen (secondary N) is 1. The molecule has 0 saturated carbocycles. The zero-order chi connectivity index (χ0) is 12.3. The molecule has 1 heterocycles. The summed E-state index contributed by atoms with van der Waals surface area (Å²) in [4.78, 5) is 5.35. The van der Waals surface area contributed by atoms with Crippen LogP contribution in [0.1, 0.15) is 15.4 Å². The molecule has 0 aliphatic heterocycles. The number of hydrogen-bond donors (Lipinski definition) is 1. The third-order valence-electron chi connectivity index (χ3n) is 2.22. The Morgan fingerprint density at radius 2 is 2.35 bits per heavy atom. The summed E-state index contributed by atoms with van der Waals surface area (Å²) in [5.41, 5.74) is 1.49. The molecule has 1 N–H and O–H groups in total. The van der Waals surface area contributed by atoms with Gasteiger partial charge in [-0.1, -0.05) is 15.9 Å². The van der Waals surface area contributed by atoms with Crippen molar-refractivity contribution in [3.05, 3.63) is 44.3 Å². The predicted molar refractivity (Wildman–Crippen MR) is 73.0 cm³/mol. The van der Waals surface area contributed by atoms with Gasteiger partial charge in [-0.3, -0.25) is 0 Å². The number of halogens is 1. The molecule has 0 amide bonds. The van der Waals surface area contributed by atoms with Crippen LogP contribution in [0.5, 0.6) is 0 Å². The topological polar surface area (TPSA) is 48.7 Å². The Bertz CT molecular complexity index is 571. The second-order valence-corrected chi connectivity index (χ2v) is 5.74. The molecule has 0 spiro atoms. The lowest BCUT2D eigenvalue weighted by atomic mass is 10.2. The van der Waals surface area contributed by atoms with Crippen molar-refractivity contribution in [3.8, 4) is 6.07 Å². The Kier molecular flexibility index (Phi) is 3.77. The highest BCUT2D eigenvalue weighted by molar-refractivity contribution is 9.10. The van der Waals surface area contributed by atoms with Crippen LogP contribution in [0.3, 0.4) is 0 Å². The highest BCUT2D eigenvalue weighted by atomic mass is 79.9. The van der Waals surface area contributed by atoms with Gasteiger partial charge in [0.05, 0.1) is 22.8 Å². The zero-order valence-corrected chi connectivity index (χ0v) is 11.6. The molecular formula is C12H10BrN3S. The molecule has 86 valence electrons. The Morgan fingerprint density at radius 3 is 3.00 bits per heavy atom. The average molecular weight is 308 g/mol. The molecule has 0 unspecified atom stereocenters. The van der Waals surface area contributed by atoms with Gasteiger partial charge in [-0.2, -0.15) is 5.26 Å². The standard InChI is InChI=1S/C12H10BrN3S/c1-8-15-6-11(17-8)7-16-12-3-2-10(13)4-9(12)5-14/h2-4,6,16H,7H2,1H3. The Morgan fingerprint density at radius 1 is 1.53 bits per heavy atom. The van der Waals surface area contributed by atoms with Crippen LogP contribution in [-0.4, -0.2) is 4.98 Å². The van der Waals surface area contributed by atoms with Crippen LogP contribution >= 0.6 is 27.3 Å². The Labute approximate surface area is 112 Å². The van der Waals surface area contributed by atoms with Gasteiger partial charge in [0, 0.05) is 15.5 Å². The third kappa shape index (κ3) is 3.05. The van der Waals surface area contributed by atoms with Crippen LogP contribution in [0.15, 0.2) is 28.9 Å². The second-order valence-electron chi connectivity index (χ2n) is 3.50. The SMILES string of the molecule is Cc1ncc(CNc2ccc(Br)cc2C#N)s1. The lowest BCUT2D eigenvalue weighted by molar-refractivity contribution is 1.16. The number of hydrogen-bond acceptors (Lipinski definition) is 4. The molecular weight excluding hydrogens is 298 g/mol. The quantitative estimate of drug-likeness (QED) is 0.940. The maximum atomic E-state index is 9.02. The van der Waals surface area contributed by atoms with Crippen LogP contribution in [0.25, 0.3) is 0 Å². The maximum absolute atomic E-state index is 9.02. The highest BCUT2D eigenvalue weighted by Gasteiger charge is 2.03. The van der Waals surface area contributed by atoms with Crippen molar-refractivity contribution in [1.29, 1.82) is 5.26 Å². The zero-order valence-electron chi connectivity index (χ0n) is 9.20. The van der Waals surface area contributed by atoms with E-state index in [0.29, 0.717) is 12.1 Å². The average Bonchev–Trinajstić information content (AvgIpc) is 2.73. The van der Waals surface area contributed by atoms with Crippen LogP contribution in [0.4, 0.5) is 5.69 Å². The molecule has 2 rings (SSSR count). The molecule has 3 nitrogen and oxygen atoms in total. The van der Waals surface area contributed by atoms with Crippen molar-refractivity contribution in [2.75, 3.05) is 5.32 Å². The molecule has 0 saturated heterocycles. The number of aryl methyl sites for hydroxylation is 1. The number of benzene rings is 1.